The van der Waals surface area contributed by atoms with Gasteiger partial charge < -0.3 is 10.1 Å². The highest BCUT2D eigenvalue weighted by atomic mass is 35.5. The third-order valence-electron chi connectivity index (χ3n) is 3.07. The lowest BCUT2D eigenvalue weighted by Gasteiger charge is -2.12. The molecule has 0 spiro atoms. The second kappa shape index (κ2) is 6.57. The molecule has 0 bridgehead atoms. The van der Waals surface area contributed by atoms with Crippen molar-refractivity contribution in [2.24, 2.45) is 0 Å². The first-order valence-corrected chi connectivity index (χ1v) is 6.95. The van der Waals surface area contributed by atoms with Crippen molar-refractivity contribution in [3.05, 3.63) is 35.5 Å². The van der Waals surface area contributed by atoms with Crippen LogP contribution < -0.4 is 10.1 Å². The minimum atomic E-state index is 0.303. The lowest BCUT2D eigenvalue weighted by molar-refractivity contribution is 0.415. The summed E-state index contributed by atoms with van der Waals surface area (Å²) in [4.78, 5) is 8.70. The maximum Gasteiger partial charge on any atom is 0.224 e. The van der Waals surface area contributed by atoms with Gasteiger partial charge in [0.1, 0.15) is 10.9 Å². The molecule has 1 aromatic heterocycles. The normalized spacial score (nSPS) is 12.0. The second-order valence-corrected chi connectivity index (χ2v) is 4.97. The smallest absolute Gasteiger partial charge is 0.224 e. The Kier molecular flexibility index (Phi) is 4.79. The Morgan fingerprint density at radius 2 is 1.95 bits per heavy atom. The van der Waals surface area contributed by atoms with Gasteiger partial charge in [-0.1, -0.05) is 18.5 Å². The van der Waals surface area contributed by atoms with Crippen LogP contribution in [0.1, 0.15) is 20.3 Å². The Morgan fingerprint density at radius 3 is 2.55 bits per heavy atom. The lowest BCUT2D eigenvalue weighted by atomic mass is 10.1. The van der Waals surface area contributed by atoms with Gasteiger partial charge in [-0.3, -0.25) is 0 Å². The molecular formula is C15H18ClN3O. The van der Waals surface area contributed by atoms with Crippen molar-refractivity contribution in [2.75, 3.05) is 12.4 Å². The third-order valence-corrected chi connectivity index (χ3v) is 3.26. The summed E-state index contributed by atoms with van der Waals surface area (Å²) in [6.45, 7) is 4.18. The average molecular weight is 292 g/mol. The van der Waals surface area contributed by atoms with Gasteiger partial charge in [0.2, 0.25) is 5.95 Å². The van der Waals surface area contributed by atoms with Crippen LogP contribution in [0.3, 0.4) is 0 Å². The van der Waals surface area contributed by atoms with Crippen molar-refractivity contribution >= 4 is 17.5 Å². The van der Waals surface area contributed by atoms with E-state index in [-0.39, 0.29) is 0 Å². The van der Waals surface area contributed by atoms with Crippen molar-refractivity contribution in [2.45, 2.75) is 26.3 Å². The van der Waals surface area contributed by atoms with Crippen molar-refractivity contribution in [3.8, 4) is 17.0 Å². The fraction of sp³-hybridized carbons (Fsp3) is 0.333. The number of ether oxygens (including phenoxy) is 1. The fourth-order valence-corrected chi connectivity index (χ4v) is 1.90. The number of benzene rings is 1. The summed E-state index contributed by atoms with van der Waals surface area (Å²) < 4.78 is 5.15. The lowest BCUT2D eigenvalue weighted by Crippen LogP contribution is -2.15. The first-order chi connectivity index (χ1) is 9.62. The van der Waals surface area contributed by atoms with Crippen LogP contribution >= 0.6 is 11.6 Å². The van der Waals surface area contributed by atoms with E-state index in [0.717, 1.165) is 23.4 Å². The van der Waals surface area contributed by atoms with Crippen LogP contribution in [0.5, 0.6) is 5.75 Å². The van der Waals surface area contributed by atoms with Gasteiger partial charge in [-0.2, -0.15) is 0 Å². The fourth-order valence-electron chi connectivity index (χ4n) is 1.71. The standard InChI is InChI=1S/C15H18ClN3O/c1-4-10(2)17-15-18-13(9-14(16)19-15)11-5-7-12(20-3)8-6-11/h5-10H,4H2,1-3H3,(H,17,18,19). The van der Waals surface area contributed by atoms with E-state index in [1.54, 1.807) is 13.2 Å². The summed E-state index contributed by atoms with van der Waals surface area (Å²) >= 11 is 6.07. The largest absolute Gasteiger partial charge is 0.497 e. The Labute approximate surface area is 124 Å². The number of nitrogens with one attached hydrogen (secondary N) is 1. The Morgan fingerprint density at radius 1 is 1.25 bits per heavy atom. The average Bonchev–Trinajstić information content (AvgIpc) is 2.46. The van der Waals surface area contributed by atoms with E-state index in [1.165, 1.54) is 0 Å². The summed E-state index contributed by atoms with van der Waals surface area (Å²) in [5.74, 6) is 1.37. The van der Waals surface area contributed by atoms with Gasteiger partial charge in [0, 0.05) is 17.7 Å². The van der Waals surface area contributed by atoms with Crippen LogP contribution in [-0.4, -0.2) is 23.1 Å². The molecule has 0 fully saturated rings. The van der Waals surface area contributed by atoms with Crippen LogP contribution in [0.15, 0.2) is 30.3 Å². The van der Waals surface area contributed by atoms with E-state index < -0.39 is 0 Å². The minimum Gasteiger partial charge on any atom is -0.497 e. The first-order valence-electron chi connectivity index (χ1n) is 6.58. The van der Waals surface area contributed by atoms with Crippen LogP contribution in [0.4, 0.5) is 5.95 Å². The van der Waals surface area contributed by atoms with Crippen molar-refractivity contribution in [3.63, 3.8) is 0 Å². The number of methoxy groups -OCH3 is 1. The van der Waals surface area contributed by atoms with Gasteiger partial charge in [-0.25, -0.2) is 9.97 Å². The molecule has 1 aromatic carbocycles. The van der Waals surface area contributed by atoms with E-state index in [0.29, 0.717) is 17.1 Å². The van der Waals surface area contributed by atoms with Crippen LogP contribution in [0.25, 0.3) is 11.3 Å². The highest BCUT2D eigenvalue weighted by Crippen LogP contribution is 2.24. The molecule has 1 N–H and O–H groups in total. The van der Waals surface area contributed by atoms with Gasteiger partial charge in [-0.05, 0) is 37.6 Å². The van der Waals surface area contributed by atoms with Gasteiger partial charge in [0.05, 0.1) is 12.8 Å². The summed E-state index contributed by atoms with van der Waals surface area (Å²) in [5.41, 5.74) is 1.76. The summed E-state index contributed by atoms with van der Waals surface area (Å²) in [7, 11) is 1.64. The monoisotopic (exact) mass is 291 g/mol. The zero-order valence-electron chi connectivity index (χ0n) is 11.9. The summed E-state index contributed by atoms with van der Waals surface area (Å²) in [5, 5.41) is 3.66. The predicted octanol–water partition coefficient (Wildman–Crippen LogP) is 4.02. The van der Waals surface area contributed by atoms with Crippen LogP contribution in [0.2, 0.25) is 5.15 Å². The first kappa shape index (κ1) is 14.6. The zero-order valence-corrected chi connectivity index (χ0v) is 12.6. The topological polar surface area (TPSA) is 47.0 Å². The molecule has 1 atom stereocenters. The van der Waals surface area contributed by atoms with Gasteiger partial charge >= 0.3 is 0 Å². The number of rotatable bonds is 5. The summed E-state index contributed by atoms with van der Waals surface area (Å²) in [6, 6.07) is 9.75. The van der Waals surface area contributed by atoms with Gasteiger partial charge in [0.25, 0.3) is 0 Å². The predicted molar refractivity (Wildman–Crippen MR) is 82.4 cm³/mol. The molecule has 4 nitrogen and oxygen atoms in total. The van der Waals surface area contributed by atoms with Crippen molar-refractivity contribution in [1.82, 2.24) is 9.97 Å². The highest BCUT2D eigenvalue weighted by molar-refractivity contribution is 6.29. The number of aromatic nitrogens is 2. The molecular weight excluding hydrogens is 274 g/mol. The Balaban J connectivity index is 2.30. The molecule has 0 aliphatic rings. The molecule has 2 aromatic rings. The second-order valence-electron chi connectivity index (χ2n) is 4.58. The van der Waals surface area contributed by atoms with Crippen molar-refractivity contribution in [1.29, 1.82) is 0 Å². The number of halogens is 1. The van der Waals surface area contributed by atoms with E-state index in [1.807, 2.05) is 24.3 Å². The van der Waals surface area contributed by atoms with Gasteiger partial charge in [0.15, 0.2) is 0 Å². The minimum absolute atomic E-state index is 0.303. The molecule has 1 unspecified atom stereocenters. The molecule has 0 aliphatic heterocycles. The number of nitrogens with zero attached hydrogens (tertiary/aromatic N) is 2. The molecule has 20 heavy (non-hydrogen) atoms. The SMILES string of the molecule is CCC(C)Nc1nc(Cl)cc(-c2ccc(OC)cc2)n1. The van der Waals surface area contributed by atoms with Crippen LogP contribution in [0, 0.1) is 0 Å². The molecule has 0 aliphatic carbocycles. The van der Waals surface area contributed by atoms with Crippen LogP contribution in [-0.2, 0) is 0 Å². The van der Waals surface area contributed by atoms with E-state index in [4.69, 9.17) is 16.3 Å². The Hall–Kier alpha value is -1.81. The van der Waals surface area contributed by atoms with Crippen molar-refractivity contribution < 1.29 is 4.74 Å². The molecule has 1 heterocycles. The van der Waals surface area contributed by atoms with E-state index in [2.05, 4.69) is 29.1 Å². The number of anilines is 1. The number of hydrogen-bond acceptors (Lipinski definition) is 4. The van der Waals surface area contributed by atoms with E-state index >= 15 is 0 Å². The molecule has 0 radical (unpaired) electrons. The van der Waals surface area contributed by atoms with E-state index in [9.17, 15) is 0 Å². The Bertz CT molecular complexity index is 572. The highest BCUT2D eigenvalue weighted by Gasteiger charge is 2.07. The maximum atomic E-state index is 6.07. The molecule has 0 saturated heterocycles. The zero-order chi connectivity index (χ0) is 14.5. The quantitative estimate of drug-likeness (QED) is 0.845. The van der Waals surface area contributed by atoms with Gasteiger partial charge in [-0.15, -0.1) is 0 Å². The molecule has 0 saturated carbocycles. The molecule has 106 valence electrons. The molecule has 5 heteroatoms. The summed E-state index contributed by atoms with van der Waals surface area (Å²) in [6.07, 6.45) is 0.994. The third kappa shape index (κ3) is 3.61. The molecule has 0 amide bonds. The number of hydrogen-bond donors (Lipinski definition) is 1. The molecule has 2 rings (SSSR count). The maximum absolute atomic E-state index is 6.07.